The molecule has 0 saturated carbocycles. The fraction of sp³-hybridized carbons (Fsp3) is 0.438. The number of hydrogen-bond acceptors (Lipinski definition) is 2. The van der Waals surface area contributed by atoms with E-state index in [0.29, 0.717) is 11.8 Å². The van der Waals surface area contributed by atoms with Crippen LogP contribution in [-0.2, 0) is 6.42 Å². The van der Waals surface area contributed by atoms with Gasteiger partial charge in [-0.25, -0.2) is 0 Å². The summed E-state index contributed by atoms with van der Waals surface area (Å²) in [5.74, 6) is 1.07. The van der Waals surface area contributed by atoms with E-state index in [-0.39, 0.29) is 0 Å². The highest BCUT2D eigenvalue weighted by molar-refractivity contribution is 5.92. The molecule has 18 heavy (non-hydrogen) atoms. The minimum absolute atomic E-state index is 0.467. The number of fused-ring (bicyclic) bond motifs is 1. The van der Waals surface area contributed by atoms with E-state index in [9.17, 15) is 0 Å². The normalized spacial score (nSPS) is 11.7. The molecule has 0 unspecified atom stereocenters. The van der Waals surface area contributed by atoms with Crippen molar-refractivity contribution in [2.45, 2.75) is 40.0 Å². The van der Waals surface area contributed by atoms with Gasteiger partial charge in [-0.2, -0.15) is 0 Å². The molecule has 1 aromatic carbocycles. The van der Waals surface area contributed by atoms with E-state index in [1.54, 1.807) is 0 Å². The summed E-state index contributed by atoms with van der Waals surface area (Å²) in [6.07, 6.45) is 0.979. The molecule has 1 heterocycles. The van der Waals surface area contributed by atoms with Gasteiger partial charge in [0.2, 0.25) is 0 Å². The number of hydrogen-bond donors (Lipinski definition) is 1. The zero-order valence-electron chi connectivity index (χ0n) is 11.7. The number of pyridine rings is 1. The van der Waals surface area contributed by atoms with Crippen LogP contribution in [0.2, 0.25) is 0 Å². The maximum atomic E-state index is 6.16. The summed E-state index contributed by atoms with van der Waals surface area (Å²) in [4.78, 5) is 4.82. The minimum Gasteiger partial charge on any atom is -0.398 e. The molecule has 2 heteroatoms. The minimum atomic E-state index is 0.467. The molecular formula is C16H22N2. The predicted octanol–water partition coefficient (Wildman–Crippen LogP) is 4.14. The maximum absolute atomic E-state index is 6.16. The van der Waals surface area contributed by atoms with Crippen LogP contribution in [0, 0.1) is 5.92 Å². The molecule has 0 aliphatic carbocycles. The zero-order valence-corrected chi connectivity index (χ0v) is 11.7. The first-order valence-electron chi connectivity index (χ1n) is 6.67. The Hall–Kier alpha value is -1.57. The van der Waals surface area contributed by atoms with Crippen molar-refractivity contribution in [3.63, 3.8) is 0 Å². The number of aromatic nitrogens is 1. The van der Waals surface area contributed by atoms with Gasteiger partial charge in [-0.1, -0.05) is 45.9 Å². The molecule has 0 fully saturated rings. The Bertz CT molecular complexity index is 556. The number of para-hydroxylation sites is 1. The first-order valence-corrected chi connectivity index (χ1v) is 6.67. The summed E-state index contributed by atoms with van der Waals surface area (Å²) >= 11 is 0. The zero-order chi connectivity index (χ0) is 13.3. The lowest BCUT2D eigenvalue weighted by atomic mass is 9.98. The van der Waals surface area contributed by atoms with Gasteiger partial charge < -0.3 is 5.73 Å². The van der Waals surface area contributed by atoms with E-state index in [1.165, 1.54) is 5.56 Å². The van der Waals surface area contributed by atoms with E-state index < -0.39 is 0 Å². The Labute approximate surface area is 109 Å². The molecule has 2 aromatic rings. The Kier molecular flexibility index (Phi) is 3.55. The van der Waals surface area contributed by atoms with E-state index in [2.05, 4.69) is 45.9 Å². The second kappa shape index (κ2) is 4.97. The average molecular weight is 242 g/mol. The molecule has 0 atom stereocenters. The van der Waals surface area contributed by atoms with Crippen LogP contribution in [0.1, 0.15) is 44.9 Å². The van der Waals surface area contributed by atoms with E-state index >= 15 is 0 Å². The van der Waals surface area contributed by atoms with Crippen molar-refractivity contribution in [3.05, 3.63) is 35.5 Å². The van der Waals surface area contributed by atoms with Gasteiger partial charge in [-0.3, -0.25) is 4.98 Å². The topological polar surface area (TPSA) is 38.9 Å². The molecule has 1 aromatic heterocycles. The molecule has 0 aliphatic heterocycles. The SMILES string of the molecule is CC(C)Cc1cc(N)c2cccc(C(C)C)c2n1. The highest BCUT2D eigenvalue weighted by Gasteiger charge is 2.10. The molecule has 0 aliphatic rings. The summed E-state index contributed by atoms with van der Waals surface area (Å²) in [7, 11) is 0. The van der Waals surface area contributed by atoms with Gasteiger partial charge >= 0.3 is 0 Å². The Balaban J connectivity index is 2.64. The third-order valence-corrected chi connectivity index (χ3v) is 3.20. The number of benzene rings is 1. The fourth-order valence-electron chi connectivity index (χ4n) is 2.34. The molecule has 0 radical (unpaired) electrons. The summed E-state index contributed by atoms with van der Waals surface area (Å²) in [6, 6.07) is 8.30. The Morgan fingerprint density at radius 3 is 2.50 bits per heavy atom. The number of nitrogens with two attached hydrogens (primary N) is 1. The molecule has 2 N–H and O–H groups in total. The number of nitrogens with zero attached hydrogens (tertiary/aromatic N) is 1. The fourth-order valence-corrected chi connectivity index (χ4v) is 2.34. The van der Waals surface area contributed by atoms with E-state index in [4.69, 9.17) is 10.7 Å². The van der Waals surface area contributed by atoms with Gasteiger partial charge in [0, 0.05) is 16.8 Å². The summed E-state index contributed by atoms with van der Waals surface area (Å²) in [5.41, 5.74) is 10.5. The number of nitrogen functional groups attached to an aromatic ring is 1. The van der Waals surface area contributed by atoms with Gasteiger partial charge in [0.15, 0.2) is 0 Å². The van der Waals surface area contributed by atoms with Crippen LogP contribution in [0.3, 0.4) is 0 Å². The quantitative estimate of drug-likeness (QED) is 0.878. The van der Waals surface area contributed by atoms with Gasteiger partial charge in [-0.15, -0.1) is 0 Å². The van der Waals surface area contributed by atoms with Crippen molar-refractivity contribution in [1.29, 1.82) is 0 Å². The second-order valence-electron chi connectivity index (χ2n) is 5.70. The van der Waals surface area contributed by atoms with Crippen molar-refractivity contribution in [2.75, 3.05) is 5.73 Å². The third-order valence-electron chi connectivity index (χ3n) is 3.20. The van der Waals surface area contributed by atoms with Crippen LogP contribution in [-0.4, -0.2) is 4.98 Å². The summed E-state index contributed by atoms with van der Waals surface area (Å²) < 4.78 is 0. The van der Waals surface area contributed by atoms with E-state index in [0.717, 1.165) is 28.7 Å². The predicted molar refractivity (Wildman–Crippen MR) is 78.8 cm³/mol. The van der Waals surface area contributed by atoms with Crippen LogP contribution in [0.25, 0.3) is 10.9 Å². The van der Waals surface area contributed by atoms with Crippen molar-refractivity contribution in [3.8, 4) is 0 Å². The number of anilines is 1. The lowest BCUT2D eigenvalue weighted by Gasteiger charge is -2.13. The van der Waals surface area contributed by atoms with Crippen molar-refractivity contribution in [1.82, 2.24) is 4.98 Å². The monoisotopic (exact) mass is 242 g/mol. The van der Waals surface area contributed by atoms with Gasteiger partial charge in [0.05, 0.1) is 5.52 Å². The molecule has 0 bridgehead atoms. The Morgan fingerprint density at radius 1 is 1.17 bits per heavy atom. The highest BCUT2D eigenvalue weighted by atomic mass is 14.7. The standard InChI is InChI=1S/C16H22N2/c1-10(2)8-12-9-15(17)14-7-5-6-13(11(3)4)16(14)18-12/h5-7,9-11H,8H2,1-4H3,(H2,17,18). The molecular weight excluding hydrogens is 220 g/mol. The van der Waals surface area contributed by atoms with Crippen LogP contribution >= 0.6 is 0 Å². The van der Waals surface area contributed by atoms with Gasteiger partial charge in [-0.05, 0) is 29.9 Å². The highest BCUT2D eigenvalue weighted by Crippen LogP contribution is 2.28. The average Bonchev–Trinajstić information content (AvgIpc) is 2.27. The van der Waals surface area contributed by atoms with Gasteiger partial charge in [0.25, 0.3) is 0 Å². The first kappa shape index (κ1) is 12.9. The third kappa shape index (κ3) is 2.47. The van der Waals surface area contributed by atoms with Crippen molar-refractivity contribution < 1.29 is 0 Å². The van der Waals surface area contributed by atoms with Crippen LogP contribution in [0.15, 0.2) is 24.3 Å². The molecule has 2 nitrogen and oxygen atoms in total. The molecule has 0 saturated heterocycles. The number of rotatable bonds is 3. The maximum Gasteiger partial charge on any atom is 0.0760 e. The van der Waals surface area contributed by atoms with Crippen LogP contribution in [0.5, 0.6) is 0 Å². The molecule has 0 spiro atoms. The van der Waals surface area contributed by atoms with Crippen LogP contribution < -0.4 is 5.73 Å². The lowest BCUT2D eigenvalue weighted by Crippen LogP contribution is -2.02. The summed E-state index contributed by atoms with van der Waals surface area (Å²) in [6.45, 7) is 8.80. The Morgan fingerprint density at radius 2 is 1.89 bits per heavy atom. The lowest BCUT2D eigenvalue weighted by molar-refractivity contribution is 0.637. The van der Waals surface area contributed by atoms with Gasteiger partial charge in [0.1, 0.15) is 0 Å². The van der Waals surface area contributed by atoms with Crippen LogP contribution in [0.4, 0.5) is 5.69 Å². The molecule has 96 valence electrons. The molecule has 0 amide bonds. The molecule has 2 rings (SSSR count). The smallest absolute Gasteiger partial charge is 0.0760 e. The first-order chi connectivity index (χ1) is 8.49. The van der Waals surface area contributed by atoms with E-state index in [1.807, 2.05) is 6.07 Å². The second-order valence-corrected chi connectivity index (χ2v) is 5.70. The largest absolute Gasteiger partial charge is 0.398 e. The van der Waals surface area contributed by atoms with Crippen molar-refractivity contribution >= 4 is 16.6 Å². The summed E-state index contributed by atoms with van der Waals surface area (Å²) in [5, 5.41) is 1.08. The van der Waals surface area contributed by atoms with Crippen molar-refractivity contribution in [2.24, 2.45) is 5.92 Å².